The molecule has 2 amide bonds. The molecule has 1 aliphatic rings. The van der Waals surface area contributed by atoms with Crippen molar-refractivity contribution in [2.24, 2.45) is 0 Å². The molecule has 29 heavy (non-hydrogen) atoms. The van der Waals surface area contributed by atoms with E-state index in [1.807, 2.05) is 0 Å². The molecule has 0 unspecified atom stereocenters. The van der Waals surface area contributed by atoms with Gasteiger partial charge in [-0.05, 0) is 37.1 Å². The summed E-state index contributed by atoms with van der Waals surface area (Å²) >= 11 is 0. The van der Waals surface area contributed by atoms with Crippen molar-refractivity contribution in [2.75, 3.05) is 22.6 Å². The molecule has 0 atom stereocenters. The van der Waals surface area contributed by atoms with E-state index >= 15 is 0 Å². The van der Waals surface area contributed by atoms with Gasteiger partial charge in [-0.15, -0.1) is 0 Å². The van der Waals surface area contributed by atoms with Gasteiger partial charge in [0.05, 0.1) is 5.69 Å². The Bertz CT molecular complexity index is 1160. The zero-order chi connectivity index (χ0) is 20.6. The number of urea groups is 1. The summed E-state index contributed by atoms with van der Waals surface area (Å²) < 4.78 is 28.0. The number of sulfone groups is 1. The maximum absolute atomic E-state index is 12.2. The number of nitrogens with zero attached hydrogens (tertiary/aromatic N) is 3. The highest BCUT2D eigenvalue weighted by atomic mass is 32.2. The van der Waals surface area contributed by atoms with Gasteiger partial charge in [0.2, 0.25) is 0 Å². The number of benzene rings is 1. The molecule has 0 saturated heterocycles. The van der Waals surface area contributed by atoms with Crippen LogP contribution in [0, 0.1) is 0 Å². The van der Waals surface area contributed by atoms with E-state index in [-0.39, 0.29) is 5.82 Å². The van der Waals surface area contributed by atoms with E-state index in [0.29, 0.717) is 41.4 Å². The number of hydrogen-bond donors (Lipinski definition) is 3. The summed E-state index contributed by atoms with van der Waals surface area (Å²) in [5, 5.41) is 8.77. The Balaban J connectivity index is 1.54. The lowest BCUT2D eigenvalue weighted by Gasteiger charge is -2.14. The number of rotatable bonds is 5. The summed E-state index contributed by atoms with van der Waals surface area (Å²) in [7, 11) is -3.31. The SMILES string of the molecule is CS(=O)(=O)C1(c2cc(N)nc(-c3ccc(NC(=O)Nc4ccon4)cc3)n2)CC1. The molecule has 4 rings (SSSR count). The van der Waals surface area contributed by atoms with Gasteiger partial charge in [-0.2, -0.15) is 0 Å². The monoisotopic (exact) mass is 414 g/mol. The molecule has 0 bridgehead atoms. The van der Waals surface area contributed by atoms with Crippen molar-refractivity contribution in [1.29, 1.82) is 0 Å². The Morgan fingerprint density at radius 1 is 1.14 bits per heavy atom. The number of carbonyl (C=O) groups is 1. The molecule has 1 fully saturated rings. The van der Waals surface area contributed by atoms with Crippen molar-refractivity contribution in [2.45, 2.75) is 17.6 Å². The van der Waals surface area contributed by atoms with Crippen LogP contribution in [0.3, 0.4) is 0 Å². The zero-order valence-corrected chi connectivity index (χ0v) is 16.2. The van der Waals surface area contributed by atoms with Gasteiger partial charge in [-0.25, -0.2) is 23.2 Å². The van der Waals surface area contributed by atoms with Gasteiger partial charge >= 0.3 is 6.03 Å². The molecule has 1 saturated carbocycles. The normalized spacial score (nSPS) is 14.9. The Labute approximate surface area is 166 Å². The minimum absolute atomic E-state index is 0.203. The quantitative estimate of drug-likeness (QED) is 0.575. The van der Waals surface area contributed by atoms with E-state index in [1.165, 1.54) is 24.7 Å². The van der Waals surface area contributed by atoms with Gasteiger partial charge in [0.15, 0.2) is 21.5 Å². The van der Waals surface area contributed by atoms with Gasteiger partial charge in [0.1, 0.15) is 16.8 Å². The Hall–Kier alpha value is -3.47. The van der Waals surface area contributed by atoms with E-state index in [2.05, 4.69) is 30.3 Å². The third kappa shape index (κ3) is 3.76. The van der Waals surface area contributed by atoms with E-state index < -0.39 is 20.6 Å². The number of aromatic nitrogens is 3. The molecule has 3 aromatic rings. The number of nitrogen functional groups attached to an aromatic ring is 1. The zero-order valence-electron chi connectivity index (χ0n) is 15.4. The van der Waals surface area contributed by atoms with Crippen LogP contribution in [0.1, 0.15) is 18.5 Å². The standard InChI is InChI=1S/C18H18N6O4S/c1-29(26,27)18(7-8-18)13-10-14(19)22-16(21-13)11-2-4-12(5-3-11)20-17(25)23-15-6-9-28-24-15/h2-6,9-10H,7-8H2,1H3,(H2,19,21,22)(H2,20,23,24,25). The molecule has 0 radical (unpaired) electrons. The Morgan fingerprint density at radius 2 is 1.86 bits per heavy atom. The van der Waals surface area contributed by atoms with E-state index in [4.69, 9.17) is 5.73 Å². The molecule has 4 N–H and O–H groups in total. The van der Waals surface area contributed by atoms with Crippen LogP contribution in [-0.4, -0.2) is 35.8 Å². The van der Waals surface area contributed by atoms with Crippen molar-refractivity contribution in [3.05, 3.63) is 48.4 Å². The maximum atomic E-state index is 12.2. The first-order chi connectivity index (χ1) is 13.8. The number of amides is 2. The van der Waals surface area contributed by atoms with Crippen LogP contribution in [0.15, 0.2) is 47.2 Å². The van der Waals surface area contributed by atoms with Crippen LogP contribution < -0.4 is 16.4 Å². The summed E-state index contributed by atoms with van der Waals surface area (Å²) in [6.45, 7) is 0. The number of nitrogens with one attached hydrogen (secondary N) is 2. The highest BCUT2D eigenvalue weighted by Crippen LogP contribution is 2.52. The van der Waals surface area contributed by atoms with Crippen LogP contribution in [0.5, 0.6) is 0 Å². The lowest BCUT2D eigenvalue weighted by Crippen LogP contribution is -2.21. The average molecular weight is 414 g/mol. The van der Waals surface area contributed by atoms with Crippen molar-refractivity contribution in [3.8, 4) is 11.4 Å². The molecule has 150 valence electrons. The Morgan fingerprint density at radius 3 is 2.45 bits per heavy atom. The fourth-order valence-electron chi connectivity index (χ4n) is 3.02. The molecular weight excluding hydrogens is 396 g/mol. The molecule has 10 nitrogen and oxygen atoms in total. The minimum Gasteiger partial charge on any atom is -0.384 e. The molecule has 2 aromatic heterocycles. The molecule has 1 aliphatic carbocycles. The first-order valence-corrected chi connectivity index (χ1v) is 10.6. The number of carbonyl (C=O) groups excluding carboxylic acids is 1. The van der Waals surface area contributed by atoms with Crippen molar-refractivity contribution in [3.63, 3.8) is 0 Å². The predicted octanol–water partition coefficient (Wildman–Crippen LogP) is 2.39. The van der Waals surface area contributed by atoms with Crippen molar-refractivity contribution in [1.82, 2.24) is 15.1 Å². The highest BCUT2D eigenvalue weighted by molar-refractivity contribution is 7.91. The fraction of sp³-hybridized carbons (Fsp3) is 0.222. The predicted molar refractivity (Wildman–Crippen MR) is 107 cm³/mol. The fourth-order valence-corrected chi connectivity index (χ4v) is 4.35. The van der Waals surface area contributed by atoms with E-state index in [9.17, 15) is 13.2 Å². The number of hydrogen-bond acceptors (Lipinski definition) is 8. The maximum Gasteiger partial charge on any atom is 0.324 e. The molecule has 2 heterocycles. The van der Waals surface area contributed by atoms with Crippen molar-refractivity contribution >= 4 is 33.2 Å². The first kappa shape index (κ1) is 18.9. The minimum atomic E-state index is -3.31. The second kappa shape index (κ2) is 6.85. The van der Waals surface area contributed by atoms with Crippen LogP contribution >= 0.6 is 0 Å². The van der Waals surface area contributed by atoms with E-state index in [0.717, 1.165) is 0 Å². The average Bonchev–Trinajstić information content (AvgIpc) is 3.34. The smallest absolute Gasteiger partial charge is 0.324 e. The topological polar surface area (TPSA) is 153 Å². The van der Waals surface area contributed by atoms with E-state index in [1.54, 1.807) is 24.3 Å². The molecule has 1 aromatic carbocycles. The largest absolute Gasteiger partial charge is 0.384 e. The Kier molecular flexibility index (Phi) is 4.46. The molecule has 0 aliphatic heterocycles. The second-order valence-electron chi connectivity index (χ2n) is 6.81. The first-order valence-electron chi connectivity index (χ1n) is 8.70. The second-order valence-corrected chi connectivity index (χ2v) is 9.14. The van der Waals surface area contributed by atoms with Crippen molar-refractivity contribution < 1.29 is 17.7 Å². The summed E-state index contributed by atoms with van der Waals surface area (Å²) in [5.74, 6) is 0.822. The van der Waals surface area contributed by atoms with Gasteiger partial charge < -0.3 is 15.6 Å². The summed E-state index contributed by atoms with van der Waals surface area (Å²) in [4.78, 5) is 20.6. The van der Waals surface area contributed by atoms with Gasteiger partial charge in [-0.3, -0.25) is 5.32 Å². The van der Waals surface area contributed by atoms with Crippen LogP contribution in [0.25, 0.3) is 11.4 Å². The highest BCUT2D eigenvalue weighted by Gasteiger charge is 2.55. The van der Waals surface area contributed by atoms with Crippen LogP contribution in [0.4, 0.5) is 22.1 Å². The van der Waals surface area contributed by atoms with Gasteiger partial charge in [0, 0.05) is 29.6 Å². The van der Waals surface area contributed by atoms with Crippen LogP contribution in [0.2, 0.25) is 0 Å². The molecule has 11 heteroatoms. The lowest BCUT2D eigenvalue weighted by molar-refractivity contribution is 0.262. The summed E-state index contributed by atoms with van der Waals surface area (Å²) in [5.41, 5.74) is 7.49. The lowest BCUT2D eigenvalue weighted by atomic mass is 10.1. The summed E-state index contributed by atoms with van der Waals surface area (Å²) in [6, 6.07) is 9.33. The van der Waals surface area contributed by atoms with Gasteiger partial charge in [0.25, 0.3) is 0 Å². The number of nitrogens with two attached hydrogens (primary N) is 1. The van der Waals surface area contributed by atoms with Gasteiger partial charge in [-0.1, -0.05) is 5.16 Å². The third-order valence-electron chi connectivity index (χ3n) is 4.71. The number of anilines is 3. The molecular formula is C18H18N6O4S. The van der Waals surface area contributed by atoms with Crippen LogP contribution in [-0.2, 0) is 14.6 Å². The molecule has 0 spiro atoms. The summed E-state index contributed by atoms with van der Waals surface area (Å²) in [6.07, 6.45) is 3.60. The third-order valence-corrected chi connectivity index (χ3v) is 6.74.